The van der Waals surface area contributed by atoms with Crippen LogP contribution in [-0.2, 0) is 0 Å². The molecule has 1 unspecified atom stereocenters. The smallest absolute Gasteiger partial charge is 0.255 e. The van der Waals surface area contributed by atoms with Gasteiger partial charge >= 0.3 is 0 Å². The minimum Gasteiger partial charge on any atom is -0.352 e. The standard InChI is InChI=1S/C21H30N4O/c1-16-10-7-8-14-24(16)15-9-13-22-21(26)20-17(2)23-25(18(20)3)19-11-5-4-6-12-19/h4-6,11-12,16H,7-10,13-15H2,1-3H3,(H,22,26)/p+1/t16-/m0/s1. The first-order valence-corrected chi connectivity index (χ1v) is 9.82. The van der Waals surface area contributed by atoms with Gasteiger partial charge in [0.05, 0.1) is 41.8 Å². The molecule has 0 bridgehead atoms. The van der Waals surface area contributed by atoms with Crippen LogP contribution in [0.2, 0.25) is 0 Å². The molecule has 3 rings (SSSR count). The van der Waals surface area contributed by atoms with Crippen LogP contribution in [0.1, 0.15) is 54.4 Å². The number of piperidine rings is 1. The Balaban J connectivity index is 1.57. The lowest BCUT2D eigenvalue weighted by Gasteiger charge is -2.30. The molecular weight excluding hydrogens is 324 g/mol. The zero-order valence-electron chi connectivity index (χ0n) is 16.2. The highest BCUT2D eigenvalue weighted by Crippen LogP contribution is 2.17. The van der Waals surface area contributed by atoms with Crippen LogP contribution in [0, 0.1) is 13.8 Å². The van der Waals surface area contributed by atoms with Crippen LogP contribution in [0.5, 0.6) is 0 Å². The molecule has 0 spiro atoms. The number of nitrogens with zero attached hydrogens (tertiary/aromatic N) is 2. The molecule has 2 aromatic rings. The average molecular weight is 356 g/mol. The van der Waals surface area contributed by atoms with Gasteiger partial charge in [0.2, 0.25) is 0 Å². The molecule has 140 valence electrons. The van der Waals surface area contributed by atoms with Crippen LogP contribution in [0.3, 0.4) is 0 Å². The van der Waals surface area contributed by atoms with Crippen molar-refractivity contribution in [2.75, 3.05) is 19.6 Å². The molecule has 5 nitrogen and oxygen atoms in total. The second-order valence-corrected chi connectivity index (χ2v) is 7.46. The van der Waals surface area contributed by atoms with E-state index in [0.717, 1.165) is 42.6 Å². The number of carbonyl (C=O) groups excluding carboxylic acids is 1. The number of para-hydroxylation sites is 1. The second-order valence-electron chi connectivity index (χ2n) is 7.46. The Bertz CT molecular complexity index is 738. The number of hydrogen-bond donors (Lipinski definition) is 2. The average Bonchev–Trinajstić information content (AvgIpc) is 2.95. The number of carbonyl (C=O) groups is 1. The first kappa shape index (κ1) is 18.6. The molecule has 26 heavy (non-hydrogen) atoms. The van der Waals surface area contributed by atoms with Crippen LogP contribution in [0.4, 0.5) is 0 Å². The molecule has 1 saturated heterocycles. The van der Waals surface area contributed by atoms with E-state index < -0.39 is 0 Å². The lowest BCUT2D eigenvalue weighted by Crippen LogP contribution is -3.16. The van der Waals surface area contributed by atoms with Crippen LogP contribution >= 0.6 is 0 Å². The summed E-state index contributed by atoms with van der Waals surface area (Å²) in [4.78, 5) is 14.4. The van der Waals surface area contributed by atoms with E-state index in [1.165, 1.54) is 25.8 Å². The summed E-state index contributed by atoms with van der Waals surface area (Å²) in [5.74, 6) is -0.0103. The summed E-state index contributed by atoms with van der Waals surface area (Å²) < 4.78 is 1.85. The summed E-state index contributed by atoms with van der Waals surface area (Å²) in [5, 5.41) is 7.66. The summed E-state index contributed by atoms with van der Waals surface area (Å²) in [7, 11) is 0. The van der Waals surface area contributed by atoms with Gasteiger partial charge in [0, 0.05) is 13.0 Å². The van der Waals surface area contributed by atoms with Gasteiger partial charge in [0.15, 0.2) is 0 Å². The number of likely N-dealkylation sites (tertiary alicyclic amines) is 1. The quantitative estimate of drug-likeness (QED) is 0.780. The number of hydrogen-bond acceptors (Lipinski definition) is 2. The maximum Gasteiger partial charge on any atom is 0.255 e. The predicted octanol–water partition coefficient (Wildman–Crippen LogP) is 2.07. The van der Waals surface area contributed by atoms with Crippen molar-refractivity contribution in [2.45, 2.75) is 52.5 Å². The molecule has 1 fully saturated rings. The molecule has 1 aromatic heterocycles. The highest BCUT2D eigenvalue weighted by molar-refractivity contribution is 5.96. The molecule has 0 saturated carbocycles. The molecule has 2 heterocycles. The minimum atomic E-state index is -0.0103. The number of aryl methyl sites for hydroxylation is 1. The largest absolute Gasteiger partial charge is 0.352 e. The maximum absolute atomic E-state index is 12.7. The first-order valence-electron chi connectivity index (χ1n) is 9.82. The van der Waals surface area contributed by atoms with Gasteiger partial charge < -0.3 is 10.2 Å². The van der Waals surface area contributed by atoms with Gasteiger partial charge in [-0.25, -0.2) is 4.68 Å². The van der Waals surface area contributed by atoms with E-state index in [0.29, 0.717) is 5.56 Å². The Hall–Kier alpha value is -2.14. The number of rotatable bonds is 6. The molecule has 2 N–H and O–H groups in total. The summed E-state index contributed by atoms with van der Waals surface area (Å²) in [6.07, 6.45) is 5.06. The third-order valence-corrected chi connectivity index (χ3v) is 5.56. The van der Waals surface area contributed by atoms with E-state index >= 15 is 0 Å². The van der Waals surface area contributed by atoms with E-state index in [1.807, 2.05) is 48.9 Å². The summed E-state index contributed by atoms with van der Waals surface area (Å²) in [5.41, 5.74) is 3.35. The van der Waals surface area contributed by atoms with Crippen molar-refractivity contribution in [3.63, 3.8) is 0 Å². The van der Waals surface area contributed by atoms with Gasteiger partial charge in [0.25, 0.3) is 5.91 Å². The number of nitrogens with one attached hydrogen (secondary N) is 2. The molecular formula is C21H31N4O+. The van der Waals surface area contributed by atoms with E-state index in [1.54, 1.807) is 4.90 Å². The molecule has 2 atom stereocenters. The Morgan fingerprint density at radius 2 is 2.04 bits per heavy atom. The molecule has 1 aliphatic rings. The predicted molar refractivity (Wildman–Crippen MR) is 104 cm³/mol. The van der Waals surface area contributed by atoms with Crippen molar-refractivity contribution in [3.05, 3.63) is 47.3 Å². The van der Waals surface area contributed by atoms with Gasteiger partial charge in [-0.1, -0.05) is 18.2 Å². The zero-order valence-corrected chi connectivity index (χ0v) is 16.2. The van der Waals surface area contributed by atoms with Gasteiger partial charge in [-0.05, 0) is 52.2 Å². The van der Waals surface area contributed by atoms with Crippen LogP contribution in [0.15, 0.2) is 30.3 Å². The summed E-state index contributed by atoms with van der Waals surface area (Å²) in [6, 6.07) is 10.7. The maximum atomic E-state index is 12.7. The topological polar surface area (TPSA) is 51.4 Å². The fourth-order valence-corrected chi connectivity index (χ4v) is 4.02. The third kappa shape index (κ3) is 4.15. The Labute approximate surface area is 156 Å². The molecule has 0 aliphatic carbocycles. The number of quaternary nitrogens is 1. The highest BCUT2D eigenvalue weighted by atomic mass is 16.1. The van der Waals surface area contributed by atoms with Crippen molar-refractivity contribution in [3.8, 4) is 5.69 Å². The minimum absolute atomic E-state index is 0.0103. The van der Waals surface area contributed by atoms with Crippen molar-refractivity contribution >= 4 is 5.91 Å². The molecule has 5 heteroatoms. The van der Waals surface area contributed by atoms with E-state index in [9.17, 15) is 4.79 Å². The third-order valence-electron chi connectivity index (χ3n) is 5.56. The lowest BCUT2D eigenvalue weighted by molar-refractivity contribution is -0.928. The lowest BCUT2D eigenvalue weighted by atomic mass is 10.0. The van der Waals surface area contributed by atoms with Crippen LogP contribution in [-0.4, -0.2) is 41.4 Å². The van der Waals surface area contributed by atoms with Crippen molar-refractivity contribution in [2.24, 2.45) is 0 Å². The van der Waals surface area contributed by atoms with E-state index in [4.69, 9.17) is 0 Å². The van der Waals surface area contributed by atoms with E-state index in [-0.39, 0.29) is 5.91 Å². The zero-order chi connectivity index (χ0) is 18.5. The van der Waals surface area contributed by atoms with Crippen LogP contribution < -0.4 is 10.2 Å². The van der Waals surface area contributed by atoms with Gasteiger partial charge in [-0.15, -0.1) is 0 Å². The fourth-order valence-electron chi connectivity index (χ4n) is 4.02. The Kier molecular flexibility index (Phi) is 6.09. The van der Waals surface area contributed by atoms with Crippen molar-refractivity contribution < 1.29 is 9.69 Å². The fraction of sp³-hybridized carbons (Fsp3) is 0.524. The normalized spacial score (nSPS) is 20.1. The second kappa shape index (κ2) is 8.49. The summed E-state index contributed by atoms with van der Waals surface area (Å²) in [6.45, 7) is 9.35. The van der Waals surface area contributed by atoms with Gasteiger partial charge in [0.1, 0.15) is 0 Å². The summed E-state index contributed by atoms with van der Waals surface area (Å²) >= 11 is 0. The molecule has 1 amide bonds. The molecule has 1 aliphatic heterocycles. The SMILES string of the molecule is Cc1nn(-c2ccccc2)c(C)c1C(=O)NCCC[NH+]1CCCC[C@@H]1C. The first-order chi connectivity index (χ1) is 12.6. The van der Waals surface area contributed by atoms with Crippen molar-refractivity contribution in [1.29, 1.82) is 0 Å². The molecule has 0 radical (unpaired) electrons. The van der Waals surface area contributed by atoms with E-state index in [2.05, 4.69) is 17.3 Å². The monoisotopic (exact) mass is 355 g/mol. The number of amides is 1. The van der Waals surface area contributed by atoms with Gasteiger partial charge in [-0.2, -0.15) is 5.10 Å². The number of benzene rings is 1. The van der Waals surface area contributed by atoms with Crippen LogP contribution in [0.25, 0.3) is 5.69 Å². The highest BCUT2D eigenvalue weighted by Gasteiger charge is 2.22. The van der Waals surface area contributed by atoms with Gasteiger partial charge in [-0.3, -0.25) is 4.79 Å². The number of aromatic nitrogens is 2. The Morgan fingerprint density at radius 3 is 2.77 bits per heavy atom. The van der Waals surface area contributed by atoms with Crippen molar-refractivity contribution in [1.82, 2.24) is 15.1 Å². The molecule has 1 aromatic carbocycles. The Morgan fingerprint density at radius 1 is 1.27 bits per heavy atom.